The van der Waals surface area contributed by atoms with E-state index in [2.05, 4.69) is 37.9 Å². The van der Waals surface area contributed by atoms with Gasteiger partial charge in [-0.05, 0) is 56.4 Å². The highest BCUT2D eigenvalue weighted by Gasteiger charge is 2.28. The van der Waals surface area contributed by atoms with Crippen LogP contribution in [-0.2, 0) is 9.53 Å². The van der Waals surface area contributed by atoms with Crippen molar-refractivity contribution in [3.8, 4) is 0 Å². The SMILES string of the molecule is CCN(CC)c1ccc(C(=O)OCC(=O)N[C@@H]2CCC[C@@H](C)[C@H]2C)cc1. The van der Waals surface area contributed by atoms with Gasteiger partial charge >= 0.3 is 5.97 Å². The first-order chi connectivity index (χ1) is 12.5. The summed E-state index contributed by atoms with van der Waals surface area (Å²) in [4.78, 5) is 26.5. The van der Waals surface area contributed by atoms with Crippen LogP contribution < -0.4 is 10.2 Å². The number of nitrogens with one attached hydrogen (secondary N) is 1. The summed E-state index contributed by atoms with van der Waals surface area (Å²) in [7, 11) is 0. The van der Waals surface area contributed by atoms with Gasteiger partial charge in [-0.1, -0.05) is 26.7 Å². The molecule has 144 valence electrons. The summed E-state index contributed by atoms with van der Waals surface area (Å²) in [6.07, 6.45) is 3.35. The third kappa shape index (κ3) is 5.23. The van der Waals surface area contributed by atoms with Crippen molar-refractivity contribution in [3.05, 3.63) is 29.8 Å². The van der Waals surface area contributed by atoms with E-state index in [0.717, 1.165) is 31.6 Å². The molecule has 1 amide bonds. The lowest BCUT2D eigenvalue weighted by Crippen LogP contribution is -2.45. The van der Waals surface area contributed by atoms with E-state index in [1.807, 2.05) is 12.1 Å². The summed E-state index contributed by atoms with van der Waals surface area (Å²) < 4.78 is 5.18. The van der Waals surface area contributed by atoms with Gasteiger partial charge in [0.15, 0.2) is 6.61 Å². The second-order valence-electron chi connectivity index (χ2n) is 7.24. The molecular weight excluding hydrogens is 328 g/mol. The third-order valence-corrected chi connectivity index (χ3v) is 5.62. The summed E-state index contributed by atoms with van der Waals surface area (Å²) in [6, 6.07) is 7.50. The Balaban J connectivity index is 1.83. The number of anilines is 1. The molecule has 1 aromatic rings. The van der Waals surface area contributed by atoms with E-state index in [-0.39, 0.29) is 18.6 Å². The number of hydrogen-bond acceptors (Lipinski definition) is 4. The molecule has 0 bridgehead atoms. The molecule has 2 rings (SSSR count). The second-order valence-corrected chi connectivity index (χ2v) is 7.24. The molecule has 1 saturated carbocycles. The molecule has 3 atom stereocenters. The molecule has 0 heterocycles. The minimum atomic E-state index is -0.462. The lowest BCUT2D eigenvalue weighted by Gasteiger charge is -2.34. The van der Waals surface area contributed by atoms with Crippen LogP contribution in [0.5, 0.6) is 0 Å². The average Bonchev–Trinajstić information content (AvgIpc) is 2.65. The fourth-order valence-electron chi connectivity index (χ4n) is 3.65. The summed E-state index contributed by atoms with van der Waals surface area (Å²) in [6.45, 7) is 10.2. The Bertz CT molecular complexity index is 596. The quantitative estimate of drug-likeness (QED) is 0.755. The molecule has 0 saturated heterocycles. The van der Waals surface area contributed by atoms with Gasteiger partial charge in [-0.3, -0.25) is 4.79 Å². The summed E-state index contributed by atoms with van der Waals surface area (Å²) in [5.41, 5.74) is 1.54. The Morgan fingerprint density at radius 3 is 2.38 bits per heavy atom. The first-order valence-corrected chi connectivity index (χ1v) is 9.77. The summed E-state index contributed by atoms with van der Waals surface area (Å²) >= 11 is 0. The third-order valence-electron chi connectivity index (χ3n) is 5.62. The number of rotatable bonds is 7. The van der Waals surface area contributed by atoms with Gasteiger partial charge in [-0.15, -0.1) is 0 Å². The highest BCUT2D eigenvalue weighted by atomic mass is 16.5. The number of nitrogens with zero attached hydrogens (tertiary/aromatic N) is 1. The van der Waals surface area contributed by atoms with E-state index in [9.17, 15) is 9.59 Å². The molecule has 26 heavy (non-hydrogen) atoms. The fourth-order valence-corrected chi connectivity index (χ4v) is 3.65. The van der Waals surface area contributed by atoms with Gasteiger partial charge in [0, 0.05) is 24.8 Å². The molecule has 0 aliphatic heterocycles. The number of esters is 1. The molecule has 1 aliphatic rings. The van der Waals surface area contributed by atoms with E-state index in [1.54, 1.807) is 12.1 Å². The van der Waals surface area contributed by atoms with Crippen LogP contribution in [0.2, 0.25) is 0 Å². The number of carbonyl (C=O) groups is 2. The monoisotopic (exact) mass is 360 g/mol. The first-order valence-electron chi connectivity index (χ1n) is 9.77. The van der Waals surface area contributed by atoms with Crippen LogP contribution in [0.4, 0.5) is 5.69 Å². The molecule has 0 aromatic heterocycles. The lowest BCUT2D eigenvalue weighted by atomic mass is 9.78. The van der Waals surface area contributed by atoms with E-state index >= 15 is 0 Å². The van der Waals surface area contributed by atoms with E-state index in [0.29, 0.717) is 17.4 Å². The largest absolute Gasteiger partial charge is 0.452 e. The number of benzene rings is 1. The highest BCUT2D eigenvalue weighted by molar-refractivity contribution is 5.91. The molecule has 1 aliphatic carbocycles. The van der Waals surface area contributed by atoms with E-state index in [4.69, 9.17) is 4.74 Å². The predicted molar refractivity (Wildman–Crippen MR) is 104 cm³/mol. The zero-order valence-electron chi connectivity index (χ0n) is 16.5. The lowest BCUT2D eigenvalue weighted by molar-refractivity contribution is -0.125. The fraction of sp³-hybridized carbons (Fsp3) is 0.619. The van der Waals surface area contributed by atoms with Crippen LogP contribution in [0, 0.1) is 11.8 Å². The van der Waals surface area contributed by atoms with Crippen molar-refractivity contribution in [2.45, 2.75) is 53.0 Å². The van der Waals surface area contributed by atoms with Crippen LogP contribution >= 0.6 is 0 Å². The average molecular weight is 360 g/mol. The van der Waals surface area contributed by atoms with Gasteiger partial charge < -0.3 is 15.0 Å². The van der Waals surface area contributed by atoms with Gasteiger partial charge in [0.25, 0.3) is 5.91 Å². The van der Waals surface area contributed by atoms with Gasteiger partial charge in [0.2, 0.25) is 0 Å². The normalized spacial score (nSPS) is 22.5. The number of hydrogen-bond donors (Lipinski definition) is 1. The van der Waals surface area contributed by atoms with Crippen LogP contribution in [0.1, 0.15) is 57.3 Å². The maximum atomic E-state index is 12.2. The Kier molecular flexibility index (Phi) is 7.49. The molecular formula is C21H32N2O3. The van der Waals surface area contributed by atoms with Crippen LogP contribution in [-0.4, -0.2) is 37.6 Å². The van der Waals surface area contributed by atoms with Gasteiger partial charge in [-0.25, -0.2) is 4.79 Å². The molecule has 0 radical (unpaired) electrons. The topological polar surface area (TPSA) is 58.6 Å². The molecule has 1 fully saturated rings. The first kappa shape index (κ1) is 20.3. The Hall–Kier alpha value is -2.04. The smallest absolute Gasteiger partial charge is 0.338 e. The Morgan fingerprint density at radius 1 is 1.12 bits per heavy atom. The van der Waals surface area contributed by atoms with E-state index in [1.165, 1.54) is 6.42 Å². The van der Waals surface area contributed by atoms with Gasteiger partial charge in [0.05, 0.1) is 5.56 Å². The highest BCUT2D eigenvalue weighted by Crippen LogP contribution is 2.29. The predicted octanol–water partition coefficient (Wildman–Crippen LogP) is 3.63. The van der Waals surface area contributed by atoms with Crippen molar-refractivity contribution in [1.29, 1.82) is 0 Å². The number of amides is 1. The maximum Gasteiger partial charge on any atom is 0.338 e. The zero-order chi connectivity index (χ0) is 19.1. The second kappa shape index (κ2) is 9.60. The van der Waals surface area contributed by atoms with Crippen molar-refractivity contribution in [1.82, 2.24) is 5.32 Å². The summed E-state index contributed by atoms with van der Waals surface area (Å²) in [5, 5.41) is 3.02. The standard InChI is InChI=1S/C21H32N2O3/c1-5-23(6-2)18-12-10-17(11-13-18)21(25)26-14-20(24)22-19-9-7-8-15(3)16(19)4/h10-13,15-16,19H,5-9,14H2,1-4H3,(H,22,24)/t15-,16-,19-/m1/s1. The van der Waals surface area contributed by atoms with Gasteiger partial charge in [-0.2, -0.15) is 0 Å². The molecule has 1 aromatic carbocycles. The van der Waals surface area contributed by atoms with Crippen molar-refractivity contribution in [3.63, 3.8) is 0 Å². The number of ether oxygens (including phenoxy) is 1. The van der Waals surface area contributed by atoms with Crippen molar-refractivity contribution in [2.75, 3.05) is 24.6 Å². The zero-order valence-corrected chi connectivity index (χ0v) is 16.5. The molecule has 0 spiro atoms. The van der Waals surface area contributed by atoms with Crippen molar-refractivity contribution < 1.29 is 14.3 Å². The van der Waals surface area contributed by atoms with Crippen LogP contribution in [0.3, 0.4) is 0 Å². The van der Waals surface area contributed by atoms with E-state index < -0.39 is 5.97 Å². The van der Waals surface area contributed by atoms with Crippen LogP contribution in [0.25, 0.3) is 0 Å². The summed E-state index contributed by atoms with van der Waals surface area (Å²) in [5.74, 6) is 0.386. The van der Waals surface area contributed by atoms with Crippen molar-refractivity contribution in [2.24, 2.45) is 11.8 Å². The minimum Gasteiger partial charge on any atom is -0.452 e. The number of carbonyl (C=O) groups excluding carboxylic acids is 2. The molecule has 5 nitrogen and oxygen atoms in total. The molecule has 5 heteroatoms. The van der Waals surface area contributed by atoms with Crippen molar-refractivity contribution >= 4 is 17.6 Å². The Labute approximate surface area is 157 Å². The molecule has 1 N–H and O–H groups in total. The Morgan fingerprint density at radius 2 is 1.77 bits per heavy atom. The van der Waals surface area contributed by atoms with Gasteiger partial charge in [0.1, 0.15) is 0 Å². The minimum absolute atomic E-state index is 0.179. The van der Waals surface area contributed by atoms with Crippen LogP contribution in [0.15, 0.2) is 24.3 Å². The molecule has 0 unspecified atom stereocenters. The maximum absolute atomic E-state index is 12.2.